The Hall–Kier alpha value is -9.80. The molecule has 0 atom stereocenters. The average molecular weight is 1650 g/mol. The maximum absolute atomic E-state index is 15.5. The maximum Gasteiger partial charge on any atom is 0.270 e. The van der Waals surface area contributed by atoms with E-state index in [9.17, 15) is 10.5 Å². The van der Waals surface area contributed by atoms with Crippen LogP contribution >= 0.6 is 22.7 Å². The number of ketones is 2. The molecule has 0 saturated carbocycles. The van der Waals surface area contributed by atoms with Crippen LogP contribution in [0.15, 0.2) is 168 Å². The van der Waals surface area contributed by atoms with Crippen molar-refractivity contribution >= 4 is 57.5 Å². The Morgan fingerprint density at radius 1 is 0.311 bits per heavy atom. The van der Waals surface area contributed by atoms with Gasteiger partial charge < -0.3 is 0 Å². The highest BCUT2D eigenvalue weighted by Crippen LogP contribution is 2.66. The monoisotopic (exact) mass is 1650 g/mol. The highest BCUT2D eigenvalue weighted by molar-refractivity contribution is 7.14. The molecular weight excluding hydrogens is 1520 g/mol. The Labute approximate surface area is 740 Å². The maximum atomic E-state index is 15.5. The van der Waals surface area contributed by atoms with E-state index >= 15 is 9.59 Å². The molecule has 6 nitrogen and oxygen atoms in total. The van der Waals surface area contributed by atoms with Gasteiger partial charge in [0.2, 0.25) is 0 Å². The number of Topliss-reactive ketones (excluding diaryl/α,β-unsaturated/α-hetero) is 2. The molecule has 0 N–H and O–H groups in total. The van der Waals surface area contributed by atoms with Crippen molar-refractivity contribution in [3.63, 3.8) is 0 Å². The lowest BCUT2D eigenvalue weighted by molar-refractivity contribution is 0.103. The van der Waals surface area contributed by atoms with Crippen LogP contribution in [0.5, 0.6) is 0 Å². The molecule has 122 heavy (non-hydrogen) atoms. The van der Waals surface area contributed by atoms with Gasteiger partial charge in [0, 0.05) is 52.9 Å². The third-order valence-electron chi connectivity index (χ3n) is 26.6. The summed E-state index contributed by atoms with van der Waals surface area (Å²) in [6.45, 7) is 35.5. The van der Waals surface area contributed by atoms with Gasteiger partial charge in [-0.15, -0.1) is 22.7 Å². The Balaban J connectivity index is 1.23. The van der Waals surface area contributed by atoms with Crippen molar-refractivity contribution in [2.75, 3.05) is 0 Å². The molecule has 630 valence electrons. The lowest BCUT2D eigenvalue weighted by Crippen LogP contribution is -2.30. The second-order valence-electron chi connectivity index (χ2n) is 35.6. The number of nitrogens with zero attached hydrogens (tertiary/aromatic N) is 4. The Kier molecular flexibility index (Phi) is 32.1. The van der Waals surface area contributed by atoms with Gasteiger partial charge in [-0.25, -0.2) is 20.2 Å². The zero-order valence-corrected chi connectivity index (χ0v) is 76.4. The minimum absolute atomic E-state index is 0.0862. The topological polar surface area (TPSA) is 90.4 Å². The third kappa shape index (κ3) is 19.4. The van der Waals surface area contributed by atoms with Crippen molar-refractivity contribution in [1.82, 2.24) is 0 Å². The highest BCUT2D eigenvalue weighted by Gasteiger charge is 2.54. The van der Waals surface area contributed by atoms with Crippen LogP contribution in [-0.4, -0.2) is 11.6 Å². The summed E-state index contributed by atoms with van der Waals surface area (Å²) < 4.78 is 0. The fraction of sp³-hybridized carbons (Fsp3) is 0.439. The molecule has 7 aromatic carbocycles. The molecule has 0 fully saturated rings. The highest BCUT2D eigenvalue weighted by atomic mass is 32.1. The van der Waals surface area contributed by atoms with E-state index in [4.69, 9.17) is 13.1 Å². The molecule has 0 radical (unpaired) electrons. The molecule has 13 rings (SSSR count). The van der Waals surface area contributed by atoms with Crippen LogP contribution in [-0.2, 0) is 62.2 Å². The average Bonchev–Trinajstić information content (AvgIpc) is 1.50. The Bertz CT molecular complexity index is 4910. The number of allylic oxidation sites excluding steroid dienone is 6. The molecule has 0 unspecified atom stereocenters. The summed E-state index contributed by atoms with van der Waals surface area (Å²) in [7, 11) is 0. The van der Waals surface area contributed by atoms with Gasteiger partial charge in [0.1, 0.15) is 0 Å². The molecule has 8 heteroatoms. The number of aryl methyl sites for hydroxylation is 8. The van der Waals surface area contributed by atoms with Gasteiger partial charge >= 0.3 is 0 Å². The minimum atomic E-state index is -0.929. The lowest BCUT2D eigenvalue weighted by atomic mass is 9.66. The van der Waals surface area contributed by atoms with Crippen molar-refractivity contribution < 1.29 is 9.59 Å². The van der Waals surface area contributed by atoms with Crippen molar-refractivity contribution in [2.45, 2.75) is 323 Å². The zero-order chi connectivity index (χ0) is 85.5. The van der Waals surface area contributed by atoms with Gasteiger partial charge in [0.25, 0.3) is 11.4 Å². The van der Waals surface area contributed by atoms with E-state index in [0.717, 1.165) is 226 Å². The molecule has 4 aliphatic rings. The van der Waals surface area contributed by atoms with Crippen LogP contribution in [0.4, 0.5) is 0 Å². The number of unbranched alkanes of at least 4 members (excludes halogenated alkanes) is 24. The molecule has 0 amide bonds. The first-order valence-electron chi connectivity index (χ1n) is 47.6. The second kappa shape index (κ2) is 43.5. The molecule has 0 spiro atoms. The number of nitriles is 2. The van der Waals surface area contributed by atoms with E-state index in [0.29, 0.717) is 44.5 Å². The van der Waals surface area contributed by atoms with Crippen LogP contribution < -0.4 is 0 Å². The number of hydrogen-bond acceptors (Lipinski definition) is 6. The first-order chi connectivity index (χ1) is 59.8. The van der Waals surface area contributed by atoms with Crippen LogP contribution in [0, 0.1) is 35.8 Å². The smallest absolute Gasteiger partial charge is 0.270 e. The third-order valence-corrected chi connectivity index (χ3v) is 29.0. The predicted octanol–water partition coefficient (Wildman–Crippen LogP) is 32.4. The van der Waals surface area contributed by atoms with Crippen molar-refractivity contribution in [3.8, 4) is 34.4 Å². The number of benzene rings is 7. The summed E-state index contributed by atoms with van der Waals surface area (Å²) in [5, 5.41) is 21.8. The quantitative estimate of drug-likeness (QED) is 0.0165. The Morgan fingerprint density at radius 3 is 0.770 bits per heavy atom. The van der Waals surface area contributed by atoms with E-state index < -0.39 is 10.8 Å². The van der Waals surface area contributed by atoms with Gasteiger partial charge in [-0.05, 0) is 250 Å². The van der Waals surface area contributed by atoms with E-state index in [2.05, 4.69) is 174 Å². The molecule has 9 aromatic rings. The van der Waals surface area contributed by atoms with Crippen LogP contribution in [0.2, 0.25) is 0 Å². The molecule has 2 aromatic heterocycles. The van der Waals surface area contributed by atoms with Gasteiger partial charge in [-0.2, -0.15) is 0 Å². The molecule has 0 aliphatic heterocycles. The summed E-state index contributed by atoms with van der Waals surface area (Å²) in [5.41, 5.74) is 24.9. The minimum Gasteiger partial charge on any atom is -0.289 e. The van der Waals surface area contributed by atoms with Crippen molar-refractivity contribution in [1.29, 1.82) is 10.5 Å². The van der Waals surface area contributed by atoms with E-state index in [1.807, 2.05) is 60.7 Å². The lowest BCUT2D eigenvalue weighted by Gasteiger charge is -2.36. The molecule has 4 aliphatic carbocycles. The van der Waals surface area contributed by atoms with E-state index in [1.165, 1.54) is 150 Å². The number of fused-ring (bicyclic) bond motifs is 8. The first-order valence-corrected chi connectivity index (χ1v) is 49.2. The molecule has 0 bridgehead atoms. The molecule has 0 saturated heterocycles. The summed E-state index contributed by atoms with van der Waals surface area (Å²) in [6.07, 6.45) is 48.5. The summed E-state index contributed by atoms with van der Waals surface area (Å²) in [5.74, 6) is -0.354. The van der Waals surface area contributed by atoms with Gasteiger partial charge in [-0.1, -0.05) is 331 Å². The Morgan fingerprint density at radius 2 is 0.549 bits per heavy atom. The van der Waals surface area contributed by atoms with Gasteiger partial charge in [0.05, 0.1) is 36.1 Å². The number of thiophene rings is 2. The standard InChI is InChI=1S/C114H130N4O2S2/c1-11-19-27-35-47-79-59-80(48-36-28-20-12-2)64-87(63-79)113(88-65-81(49-37-29-21-13-3)60-82(66-88)50-38-30-22-14-4)103-75-98-100-72-92(74-102-108(106(78-116)118-10)94-56-44-46-58-96(94)110(102)120)122-112(100)114(89-67-83(51-39-31-23-15-5)61-84(68-89)52-40-32-24-16-6,90-69-85(53-41-33-25-17-7)62-86(70-90)54-42-34-26-18-8)104(98)76-97(103)99-71-91(121-111(99)113)73-101-107(105(77-115)117-9)93-55-43-45-57-95(93)109(101)119/h43-46,55-76H,11-42,47-54H2,1-8H3/b101-73-,102-74-,107-105-,108-106+. The van der Waals surface area contributed by atoms with Crippen LogP contribution in [0.3, 0.4) is 0 Å². The summed E-state index contributed by atoms with van der Waals surface area (Å²) in [4.78, 5) is 42.9. The van der Waals surface area contributed by atoms with Gasteiger partial charge in [0.15, 0.2) is 11.6 Å². The SMILES string of the molecule is [C-]#[N+]/C(C#N)=C1\C(=C\c2cc3c(s2)C(c2cc(CCCCCC)cc(CCCCCC)c2)(c2cc(CCCCCC)cc(CCCCCC)c2)c2cc4c(cc2-3)C(c2cc(CCCCCC)cc(CCCCCC)c2)(c2cc(CCCCCC)cc(CCCCCC)c2)c2sc(/C=C3\C(=O)c5ccccc5\C3=C(\C#N)[N+]#[C-])cc2-4)C(=O)c2ccccc21. The predicted molar refractivity (Wildman–Crippen MR) is 515 cm³/mol. The van der Waals surface area contributed by atoms with Gasteiger partial charge in [-0.3, -0.25) is 9.59 Å². The fourth-order valence-corrected chi connectivity index (χ4v) is 23.1. The largest absolute Gasteiger partial charge is 0.289 e. The number of rotatable bonds is 46. The zero-order valence-electron chi connectivity index (χ0n) is 74.7. The number of carbonyl (C=O) groups excluding carboxylic acids is 2. The summed E-state index contributed by atoms with van der Waals surface area (Å²) in [6, 6.07) is 61.0. The van der Waals surface area contributed by atoms with Crippen LogP contribution in [0.1, 0.15) is 390 Å². The molecule has 2 heterocycles. The number of carbonyl (C=O) groups is 2. The number of hydrogen-bond donors (Lipinski definition) is 0. The first kappa shape index (κ1) is 89.9. The van der Waals surface area contributed by atoms with E-state index in [-0.39, 0.29) is 23.0 Å². The van der Waals surface area contributed by atoms with Crippen LogP contribution in [0.25, 0.3) is 55.2 Å². The second-order valence-corrected chi connectivity index (χ2v) is 37.8. The fourth-order valence-electron chi connectivity index (χ4n) is 20.4. The normalized spacial score (nSPS) is 15.2. The summed E-state index contributed by atoms with van der Waals surface area (Å²) >= 11 is 3.57. The van der Waals surface area contributed by atoms with Crippen molar-refractivity contribution in [3.05, 3.63) is 311 Å². The van der Waals surface area contributed by atoms with Crippen molar-refractivity contribution in [2.24, 2.45) is 0 Å². The molecular formula is C114H130N4O2S2. The van der Waals surface area contributed by atoms with E-state index in [1.54, 1.807) is 22.7 Å².